The standard InChI is InChI=1S/C26H31N5O2S/c27-12-13-34-21-15-24(29-17-21)26(33)31-23(11-10-18-6-2-1-3-7-18)25(32)30-20-14-19-8-4-5-9-22(19)28-16-20/h1-9,14,16,21,23-24,29H,10-13,15,17,27H2,(H,30,32)(H,31,33)/t21-,23?,24+/m1/s1. The van der Waals surface area contributed by atoms with Gasteiger partial charge in [0.15, 0.2) is 0 Å². The molecule has 2 heterocycles. The Morgan fingerprint density at radius 3 is 2.76 bits per heavy atom. The van der Waals surface area contributed by atoms with E-state index < -0.39 is 6.04 Å². The zero-order valence-electron chi connectivity index (χ0n) is 19.1. The van der Waals surface area contributed by atoms with Gasteiger partial charge in [-0.1, -0.05) is 48.5 Å². The molecule has 0 radical (unpaired) electrons. The quantitative estimate of drug-likeness (QED) is 0.358. The number of benzene rings is 2. The second-order valence-corrected chi connectivity index (χ2v) is 9.88. The van der Waals surface area contributed by atoms with Crippen molar-refractivity contribution in [2.24, 2.45) is 5.73 Å². The summed E-state index contributed by atoms with van der Waals surface area (Å²) >= 11 is 1.79. The van der Waals surface area contributed by atoms with Crippen LogP contribution in [0.2, 0.25) is 0 Å². The van der Waals surface area contributed by atoms with Gasteiger partial charge in [-0.15, -0.1) is 0 Å². The maximum atomic E-state index is 13.2. The molecule has 1 aromatic heterocycles. The van der Waals surface area contributed by atoms with Crippen LogP contribution in [0.3, 0.4) is 0 Å². The monoisotopic (exact) mass is 477 g/mol. The van der Waals surface area contributed by atoms with Crippen molar-refractivity contribution in [1.29, 1.82) is 0 Å². The van der Waals surface area contributed by atoms with Crippen LogP contribution in [0.5, 0.6) is 0 Å². The van der Waals surface area contributed by atoms with Crippen LogP contribution in [-0.2, 0) is 16.0 Å². The van der Waals surface area contributed by atoms with Crippen LogP contribution in [0.25, 0.3) is 10.9 Å². The largest absolute Gasteiger partial charge is 0.343 e. The molecule has 1 aliphatic rings. The van der Waals surface area contributed by atoms with Gasteiger partial charge in [0, 0.05) is 29.5 Å². The second kappa shape index (κ2) is 12.0. The Kier molecular flexibility index (Phi) is 8.51. The average molecular weight is 478 g/mol. The molecular formula is C26H31N5O2S. The van der Waals surface area contributed by atoms with Gasteiger partial charge < -0.3 is 21.7 Å². The number of thioether (sulfide) groups is 1. The zero-order valence-corrected chi connectivity index (χ0v) is 19.9. The van der Waals surface area contributed by atoms with E-state index in [-0.39, 0.29) is 17.9 Å². The Hall–Kier alpha value is -2.94. The number of nitrogens with two attached hydrogens (primary N) is 1. The highest BCUT2D eigenvalue weighted by atomic mass is 32.2. The van der Waals surface area contributed by atoms with Crippen molar-refractivity contribution in [1.82, 2.24) is 15.6 Å². The first-order chi connectivity index (χ1) is 16.6. The first-order valence-electron chi connectivity index (χ1n) is 11.7. The van der Waals surface area contributed by atoms with Gasteiger partial charge in [-0.3, -0.25) is 14.6 Å². The van der Waals surface area contributed by atoms with Crippen LogP contribution in [0, 0.1) is 0 Å². The van der Waals surface area contributed by atoms with E-state index in [4.69, 9.17) is 5.73 Å². The van der Waals surface area contributed by atoms with Crippen molar-refractivity contribution in [3.8, 4) is 0 Å². The van der Waals surface area contributed by atoms with E-state index in [0.717, 1.165) is 35.2 Å². The number of amides is 2. The SMILES string of the molecule is NCCS[C@H]1CN[C@H](C(=O)NC(CCc2ccccc2)C(=O)Nc2cnc3ccccc3c2)C1. The summed E-state index contributed by atoms with van der Waals surface area (Å²) in [4.78, 5) is 30.7. The van der Waals surface area contributed by atoms with Crippen LogP contribution >= 0.6 is 11.8 Å². The third-order valence-electron chi connectivity index (χ3n) is 5.93. The zero-order chi connectivity index (χ0) is 23.8. The molecule has 0 spiro atoms. The summed E-state index contributed by atoms with van der Waals surface area (Å²) in [7, 11) is 0. The number of rotatable bonds is 10. The third kappa shape index (κ3) is 6.56. The topological polar surface area (TPSA) is 109 Å². The maximum Gasteiger partial charge on any atom is 0.247 e. The van der Waals surface area contributed by atoms with E-state index in [0.29, 0.717) is 30.3 Å². The van der Waals surface area contributed by atoms with Crippen LogP contribution in [0.15, 0.2) is 66.9 Å². The van der Waals surface area contributed by atoms with E-state index in [1.807, 2.05) is 60.7 Å². The third-order valence-corrected chi connectivity index (χ3v) is 7.24. The molecule has 2 amide bonds. The molecular weight excluding hydrogens is 446 g/mol. The molecule has 0 bridgehead atoms. The fraction of sp³-hybridized carbons (Fsp3) is 0.346. The lowest BCUT2D eigenvalue weighted by Crippen LogP contribution is -2.50. The molecule has 1 aliphatic heterocycles. The lowest BCUT2D eigenvalue weighted by Gasteiger charge is -2.21. The van der Waals surface area contributed by atoms with Crippen molar-refractivity contribution < 1.29 is 9.59 Å². The predicted octanol–water partition coefficient (Wildman–Crippen LogP) is 2.71. The molecule has 1 unspecified atom stereocenters. The first kappa shape index (κ1) is 24.2. The van der Waals surface area contributed by atoms with E-state index in [1.165, 1.54) is 0 Å². The van der Waals surface area contributed by atoms with Gasteiger partial charge in [0.05, 0.1) is 23.4 Å². The Balaban J connectivity index is 1.43. The van der Waals surface area contributed by atoms with Crippen molar-refractivity contribution in [2.75, 3.05) is 24.2 Å². The number of nitrogens with zero attached hydrogens (tertiary/aromatic N) is 1. The molecule has 1 saturated heterocycles. The van der Waals surface area contributed by atoms with Crippen molar-refractivity contribution >= 4 is 40.2 Å². The summed E-state index contributed by atoms with van der Waals surface area (Å²) in [5, 5.41) is 10.5. The number of hydrogen-bond donors (Lipinski definition) is 4. The van der Waals surface area contributed by atoms with Gasteiger partial charge in [-0.2, -0.15) is 11.8 Å². The molecule has 7 nitrogen and oxygen atoms in total. The van der Waals surface area contributed by atoms with Gasteiger partial charge in [0.1, 0.15) is 6.04 Å². The molecule has 4 rings (SSSR count). The number of carbonyl (C=O) groups excluding carboxylic acids is 2. The van der Waals surface area contributed by atoms with E-state index >= 15 is 0 Å². The number of anilines is 1. The lowest BCUT2D eigenvalue weighted by atomic mass is 10.0. The molecule has 178 valence electrons. The molecule has 5 N–H and O–H groups in total. The lowest BCUT2D eigenvalue weighted by molar-refractivity contribution is -0.127. The molecule has 8 heteroatoms. The molecule has 0 aliphatic carbocycles. The highest BCUT2D eigenvalue weighted by Gasteiger charge is 2.32. The summed E-state index contributed by atoms with van der Waals surface area (Å²) in [6.45, 7) is 1.40. The van der Waals surface area contributed by atoms with Gasteiger partial charge >= 0.3 is 0 Å². The minimum absolute atomic E-state index is 0.138. The minimum Gasteiger partial charge on any atom is -0.343 e. The van der Waals surface area contributed by atoms with Crippen molar-refractivity contribution in [3.05, 3.63) is 72.4 Å². The molecule has 3 atom stereocenters. The van der Waals surface area contributed by atoms with Crippen LogP contribution in [-0.4, -0.2) is 53.0 Å². The molecule has 1 fully saturated rings. The summed E-state index contributed by atoms with van der Waals surface area (Å²) in [5.74, 6) is 0.497. The van der Waals surface area contributed by atoms with Gasteiger partial charge in [-0.25, -0.2) is 0 Å². The van der Waals surface area contributed by atoms with Crippen molar-refractivity contribution in [3.63, 3.8) is 0 Å². The van der Waals surface area contributed by atoms with Crippen LogP contribution < -0.4 is 21.7 Å². The Labute approximate surface area is 204 Å². The van der Waals surface area contributed by atoms with Gasteiger partial charge in [0.2, 0.25) is 11.8 Å². The normalized spacial score (nSPS) is 18.5. The smallest absolute Gasteiger partial charge is 0.247 e. The Bertz CT molecular complexity index is 1110. The minimum atomic E-state index is -0.656. The van der Waals surface area contributed by atoms with E-state index in [9.17, 15) is 9.59 Å². The van der Waals surface area contributed by atoms with Crippen LogP contribution in [0.1, 0.15) is 18.4 Å². The Morgan fingerprint density at radius 1 is 1.15 bits per heavy atom. The number of para-hydroxylation sites is 1. The highest BCUT2D eigenvalue weighted by molar-refractivity contribution is 7.99. The number of nitrogens with one attached hydrogen (secondary N) is 3. The molecule has 3 aromatic rings. The number of hydrogen-bond acceptors (Lipinski definition) is 6. The number of aromatic nitrogens is 1. The second-order valence-electron chi connectivity index (χ2n) is 8.47. The van der Waals surface area contributed by atoms with Crippen molar-refractivity contribution in [2.45, 2.75) is 36.6 Å². The highest BCUT2D eigenvalue weighted by Crippen LogP contribution is 2.21. The maximum absolute atomic E-state index is 13.2. The molecule has 2 aromatic carbocycles. The summed E-state index contributed by atoms with van der Waals surface area (Å²) in [6, 6.07) is 18.7. The molecule has 0 saturated carbocycles. The van der Waals surface area contributed by atoms with Gasteiger partial charge in [0.25, 0.3) is 0 Å². The Morgan fingerprint density at radius 2 is 1.94 bits per heavy atom. The fourth-order valence-corrected chi connectivity index (χ4v) is 5.14. The van der Waals surface area contributed by atoms with Crippen LogP contribution in [0.4, 0.5) is 5.69 Å². The summed E-state index contributed by atoms with van der Waals surface area (Å²) in [6.07, 6.45) is 3.56. The van der Waals surface area contributed by atoms with Gasteiger partial charge in [-0.05, 0) is 37.0 Å². The first-order valence-corrected chi connectivity index (χ1v) is 12.7. The number of fused-ring (bicyclic) bond motifs is 1. The number of aryl methyl sites for hydroxylation is 1. The predicted molar refractivity (Wildman–Crippen MR) is 139 cm³/mol. The summed E-state index contributed by atoms with van der Waals surface area (Å²) < 4.78 is 0. The van der Waals surface area contributed by atoms with E-state index in [2.05, 4.69) is 20.9 Å². The summed E-state index contributed by atoms with van der Waals surface area (Å²) in [5.41, 5.74) is 8.21. The number of carbonyl (C=O) groups is 2. The molecule has 34 heavy (non-hydrogen) atoms. The van der Waals surface area contributed by atoms with E-state index in [1.54, 1.807) is 18.0 Å². The fourth-order valence-electron chi connectivity index (χ4n) is 4.13. The number of pyridine rings is 1. The average Bonchev–Trinajstić information content (AvgIpc) is 3.35.